The molecule has 2 aliphatic heterocycles. The van der Waals surface area contributed by atoms with Crippen molar-refractivity contribution < 1.29 is 14.3 Å². The zero-order valence-electron chi connectivity index (χ0n) is 18.4. The maximum atomic E-state index is 13.3. The van der Waals surface area contributed by atoms with Crippen LogP contribution >= 0.6 is 11.3 Å². The number of carbonyl (C=O) groups is 2. The highest BCUT2D eigenvalue weighted by atomic mass is 32.1. The number of carbonyl (C=O) groups excluding carboxylic acids is 2. The van der Waals surface area contributed by atoms with Crippen molar-refractivity contribution in [1.82, 2.24) is 10.2 Å². The van der Waals surface area contributed by atoms with E-state index in [-0.39, 0.29) is 24.0 Å². The molecule has 2 aliphatic rings. The first-order valence-corrected chi connectivity index (χ1v) is 12.2. The largest absolute Gasteiger partial charge is 0.368 e. The van der Waals surface area contributed by atoms with E-state index >= 15 is 0 Å². The SMILES string of the molecule is CC(C)NC(=O)[C@@]1(Cc2ccc(-c3cccs3)cc2)CCN(C(=O)[C@H]2CCCCO2)C1. The predicted octanol–water partition coefficient (Wildman–Crippen LogP) is 4.27. The summed E-state index contributed by atoms with van der Waals surface area (Å²) < 4.78 is 5.72. The second-order valence-corrected chi connectivity index (χ2v) is 10.1. The summed E-state index contributed by atoms with van der Waals surface area (Å²) in [7, 11) is 0. The molecule has 4 rings (SSSR count). The Morgan fingerprint density at radius 2 is 2.03 bits per heavy atom. The Morgan fingerprint density at radius 3 is 2.68 bits per heavy atom. The molecule has 2 fully saturated rings. The molecule has 0 spiro atoms. The molecular formula is C25H32N2O3S. The molecular weight excluding hydrogens is 408 g/mol. The van der Waals surface area contributed by atoms with Gasteiger partial charge in [0.2, 0.25) is 5.91 Å². The summed E-state index contributed by atoms with van der Waals surface area (Å²) in [6, 6.07) is 12.7. The smallest absolute Gasteiger partial charge is 0.251 e. The van der Waals surface area contributed by atoms with E-state index in [4.69, 9.17) is 4.74 Å². The second-order valence-electron chi connectivity index (χ2n) is 9.12. The van der Waals surface area contributed by atoms with Crippen molar-refractivity contribution in [3.63, 3.8) is 0 Å². The maximum Gasteiger partial charge on any atom is 0.251 e. The summed E-state index contributed by atoms with van der Waals surface area (Å²) in [6.07, 6.45) is 3.79. The number of thiophene rings is 1. The molecule has 2 amide bonds. The Bertz CT molecular complexity index is 888. The summed E-state index contributed by atoms with van der Waals surface area (Å²) >= 11 is 1.72. The molecule has 2 atom stereocenters. The third-order valence-electron chi connectivity index (χ3n) is 6.32. The number of ether oxygens (including phenoxy) is 1. The average Bonchev–Trinajstić information content (AvgIpc) is 3.45. The molecule has 31 heavy (non-hydrogen) atoms. The minimum atomic E-state index is -0.598. The molecule has 0 unspecified atom stereocenters. The lowest BCUT2D eigenvalue weighted by Crippen LogP contribution is -2.48. The fraction of sp³-hybridized carbons (Fsp3) is 0.520. The highest BCUT2D eigenvalue weighted by Gasteiger charge is 2.47. The van der Waals surface area contributed by atoms with E-state index in [2.05, 4.69) is 47.1 Å². The van der Waals surface area contributed by atoms with Gasteiger partial charge in [0.1, 0.15) is 6.10 Å². The third kappa shape index (κ3) is 5.01. The van der Waals surface area contributed by atoms with Crippen LogP contribution in [0.15, 0.2) is 41.8 Å². The Morgan fingerprint density at radius 1 is 1.23 bits per heavy atom. The van der Waals surface area contributed by atoms with E-state index in [9.17, 15) is 9.59 Å². The van der Waals surface area contributed by atoms with Crippen LogP contribution in [0, 0.1) is 5.41 Å². The lowest BCUT2D eigenvalue weighted by Gasteiger charge is -2.31. The Hall–Kier alpha value is -2.18. The first-order chi connectivity index (χ1) is 15.0. The lowest BCUT2D eigenvalue weighted by molar-refractivity contribution is -0.146. The molecule has 1 N–H and O–H groups in total. The van der Waals surface area contributed by atoms with E-state index in [1.165, 1.54) is 10.4 Å². The van der Waals surface area contributed by atoms with Crippen LogP contribution in [0.4, 0.5) is 0 Å². The van der Waals surface area contributed by atoms with Gasteiger partial charge in [0.05, 0.1) is 5.41 Å². The van der Waals surface area contributed by atoms with Crippen molar-refractivity contribution in [3.8, 4) is 10.4 Å². The molecule has 1 aromatic heterocycles. The van der Waals surface area contributed by atoms with Crippen molar-refractivity contribution in [3.05, 3.63) is 47.3 Å². The first kappa shape index (κ1) is 22.0. The van der Waals surface area contributed by atoms with Gasteiger partial charge >= 0.3 is 0 Å². The molecule has 1 aromatic carbocycles. The molecule has 0 radical (unpaired) electrons. The van der Waals surface area contributed by atoms with Gasteiger partial charge in [-0.25, -0.2) is 0 Å². The van der Waals surface area contributed by atoms with E-state index in [0.29, 0.717) is 32.5 Å². The van der Waals surface area contributed by atoms with Gasteiger partial charge in [-0.15, -0.1) is 11.3 Å². The second kappa shape index (κ2) is 9.53. The number of nitrogens with one attached hydrogen (secondary N) is 1. The number of nitrogens with zero attached hydrogens (tertiary/aromatic N) is 1. The highest BCUT2D eigenvalue weighted by Crippen LogP contribution is 2.36. The molecule has 5 nitrogen and oxygen atoms in total. The fourth-order valence-corrected chi connectivity index (χ4v) is 5.38. The number of hydrogen-bond donors (Lipinski definition) is 1. The van der Waals surface area contributed by atoms with Gasteiger partial charge in [-0.05, 0) is 68.5 Å². The van der Waals surface area contributed by atoms with E-state index < -0.39 is 5.41 Å². The summed E-state index contributed by atoms with van der Waals surface area (Å²) in [5.41, 5.74) is 1.72. The monoisotopic (exact) mass is 440 g/mol. The maximum absolute atomic E-state index is 13.3. The number of likely N-dealkylation sites (tertiary alicyclic amines) is 1. The van der Waals surface area contributed by atoms with Crippen LogP contribution in [0.2, 0.25) is 0 Å². The Labute approximate surface area is 188 Å². The van der Waals surface area contributed by atoms with Crippen molar-refractivity contribution in [2.45, 2.75) is 58.1 Å². The molecule has 0 aliphatic carbocycles. The van der Waals surface area contributed by atoms with Crippen LogP contribution in [0.3, 0.4) is 0 Å². The molecule has 3 heterocycles. The molecule has 2 aromatic rings. The van der Waals surface area contributed by atoms with Crippen LogP contribution < -0.4 is 5.32 Å². The summed E-state index contributed by atoms with van der Waals surface area (Å²) in [5.74, 6) is 0.0941. The van der Waals surface area contributed by atoms with Gasteiger partial charge in [-0.3, -0.25) is 9.59 Å². The van der Waals surface area contributed by atoms with Crippen molar-refractivity contribution >= 4 is 23.2 Å². The highest BCUT2D eigenvalue weighted by molar-refractivity contribution is 7.13. The van der Waals surface area contributed by atoms with Gasteiger partial charge < -0.3 is 15.0 Å². The molecule has 0 saturated carbocycles. The number of hydrogen-bond acceptors (Lipinski definition) is 4. The normalized spacial score (nSPS) is 23.8. The number of benzene rings is 1. The summed E-state index contributed by atoms with van der Waals surface area (Å²) in [6.45, 7) is 5.68. The van der Waals surface area contributed by atoms with Gasteiger partial charge in [-0.2, -0.15) is 0 Å². The topological polar surface area (TPSA) is 58.6 Å². The van der Waals surface area contributed by atoms with E-state index in [1.54, 1.807) is 11.3 Å². The molecule has 0 bridgehead atoms. The van der Waals surface area contributed by atoms with Gasteiger partial charge in [0.25, 0.3) is 5.91 Å². The van der Waals surface area contributed by atoms with Crippen LogP contribution in [-0.4, -0.2) is 48.6 Å². The fourth-order valence-electron chi connectivity index (χ4n) is 4.65. The van der Waals surface area contributed by atoms with Crippen molar-refractivity contribution in [1.29, 1.82) is 0 Å². The van der Waals surface area contributed by atoms with Gasteiger partial charge in [0, 0.05) is 30.6 Å². The average molecular weight is 441 g/mol. The number of amides is 2. The summed E-state index contributed by atoms with van der Waals surface area (Å²) in [5, 5.41) is 5.19. The lowest BCUT2D eigenvalue weighted by atomic mass is 9.79. The van der Waals surface area contributed by atoms with Crippen LogP contribution in [0.5, 0.6) is 0 Å². The number of rotatable bonds is 6. The third-order valence-corrected chi connectivity index (χ3v) is 7.24. The quantitative estimate of drug-likeness (QED) is 0.730. The van der Waals surface area contributed by atoms with E-state index in [1.807, 2.05) is 18.7 Å². The van der Waals surface area contributed by atoms with Crippen LogP contribution in [0.1, 0.15) is 45.1 Å². The first-order valence-electron chi connectivity index (χ1n) is 11.3. The minimum absolute atomic E-state index is 0.0460. The molecule has 2 saturated heterocycles. The van der Waals surface area contributed by atoms with Crippen molar-refractivity contribution in [2.75, 3.05) is 19.7 Å². The zero-order chi connectivity index (χ0) is 21.8. The summed E-state index contributed by atoms with van der Waals surface area (Å²) in [4.78, 5) is 29.4. The predicted molar refractivity (Wildman–Crippen MR) is 124 cm³/mol. The van der Waals surface area contributed by atoms with Crippen LogP contribution in [0.25, 0.3) is 10.4 Å². The minimum Gasteiger partial charge on any atom is -0.368 e. The van der Waals surface area contributed by atoms with Gasteiger partial charge in [0.15, 0.2) is 0 Å². The van der Waals surface area contributed by atoms with Crippen molar-refractivity contribution in [2.24, 2.45) is 5.41 Å². The Kier molecular flexibility index (Phi) is 6.77. The Balaban J connectivity index is 1.51. The zero-order valence-corrected chi connectivity index (χ0v) is 19.2. The standard InChI is InChI=1S/C25H32N2O3S/c1-18(2)26-24(29)25(12-13-27(17-25)23(28)21-6-3-4-14-30-21)16-19-8-10-20(11-9-19)22-7-5-15-31-22/h5,7-11,15,18,21H,3-4,6,12-14,16-17H2,1-2H3,(H,26,29)/t21-,25-/m1/s1. The van der Waals surface area contributed by atoms with Crippen LogP contribution in [-0.2, 0) is 20.7 Å². The van der Waals surface area contributed by atoms with Gasteiger partial charge in [-0.1, -0.05) is 30.3 Å². The molecule has 6 heteroatoms. The van der Waals surface area contributed by atoms with E-state index in [0.717, 1.165) is 24.8 Å². The molecule has 166 valence electrons.